The van der Waals surface area contributed by atoms with Crippen molar-refractivity contribution in [3.63, 3.8) is 0 Å². The lowest BCUT2D eigenvalue weighted by molar-refractivity contribution is 0.124. The predicted molar refractivity (Wildman–Crippen MR) is 70.8 cm³/mol. The van der Waals surface area contributed by atoms with Crippen LogP contribution in [-0.4, -0.2) is 48.8 Å². The number of unbranched alkanes of at least 4 members (excludes halogenated alkanes) is 2. The van der Waals surface area contributed by atoms with E-state index in [2.05, 4.69) is 31.0 Å². The summed E-state index contributed by atoms with van der Waals surface area (Å²) in [4.78, 5) is 2.47. The Labute approximate surface area is 101 Å². The molecular formula is C13H30N2O. The summed E-state index contributed by atoms with van der Waals surface area (Å²) in [5, 5.41) is 12.6. The summed E-state index contributed by atoms with van der Waals surface area (Å²) >= 11 is 0. The molecule has 3 nitrogen and oxygen atoms in total. The maximum absolute atomic E-state index is 9.40. The Kier molecular flexibility index (Phi) is 8.90. The molecule has 1 unspecified atom stereocenters. The van der Waals surface area contributed by atoms with Gasteiger partial charge in [-0.15, -0.1) is 0 Å². The lowest BCUT2D eigenvalue weighted by atomic mass is 10.0. The molecule has 0 aliphatic rings. The first-order chi connectivity index (χ1) is 7.61. The van der Waals surface area contributed by atoms with E-state index in [4.69, 9.17) is 0 Å². The van der Waals surface area contributed by atoms with Crippen molar-refractivity contribution < 1.29 is 5.11 Å². The molecule has 2 N–H and O–H groups in total. The zero-order valence-corrected chi connectivity index (χ0v) is 11.6. The van der Waals surface area contributed by atoms with E-state index in [0.29, 0.717) is 0 Å². The van der Waals surface area contributed by atoms with Gasteiger partial charge in [0.1, 0.15) is 0 Å². The summed E-state index contributed by atoms with van der Waals surface area (Å²) in [7, 11) is 1.92. The largest absolute Gasteiger partial charge is 0.394 e. The Morgan fingerprint density at radius 1 is 1.12 bits per heavy atom. The number of rotatable bonds is 10. The van der Waals surface area contributed by atoms with E-state index >= 15 is 0 Å². The van der Waals surface area contributed by atoms with Gasteiger partial charge in [-0.25, -0.2) is 0 Å². The molecule has 16 heavy (non-hydrogen) atoms. The molecule has 0 heterocycles. The average Bonchev–Trinajstić information content (AvgIpc) is 2.32. The van der Waals surface area contributed by atoms with Crippen molar-refractivity contribution >= 4 is 0 Å². The van der Waals surface area contributed by atoms with Crippen LogP contribution in [0.1, 0.15) is 46.5 Å². The Bertz CT molecular complexity index is 150. The minimum absolute atomic E-state index is 0.165. The topological polar surface area (TPSA) is 35.5 Å². The Morgan fingerprint density at radius 2 is 1.62 bits per heavy atom. The molecule has 0 aromatic carbocycles. The minimum atomic E-state index is -0.165. The van der Waals surface area contributed by atoms with Gasteiger partial charge >= 0.3 is 0 Å². The SMILES string of the molecule is CCCCN(CCCC)CC(C)(CO)NC. The summed E-state index contributed by atoms with van der Waals surface area (Å²) < 4.78 is 0. The summed E-state index contributed by atoms with van der Waals surface area (Å²) in [5.41, 5.74) is -0.165. The van der Waals surface area contributed by atoms with Crippen LogP contribution in [0.2, 0.25) is 0 Å². The van der Waals surface area contributed by atoms with Gasteiger partial charge in [0.05, 0.1) is 12.1 Å². The molecule has 3 heteroatoms. The highest BCUT2D eigenvalue weighted by Crippen LogP contribution is 2.08. The number of aliphatic hydroxyl groups is 1. The monoisotopic (exact) mass is 230 g/mol. The first kappa shape index (κ1) is 15.9. The second-order valence-corrected chi connectivity index (χ2v) is 4.95. The zero-order valence-electron chi connectivity index (χ0n) is 11.6. The van der Waals surface area contributed by atoms with Gasteiger partial charge in [0, 0.05) is 6.54 Å². The Balaban J connectivity index is 4.15. The number of hydrogen-bond acceptors (Lipinski definition) is 3. The number of nitrogens with zero attached hydrogens (tertiary/aromatic N) is 1. The molecule has 0 amide bonds. The van der Waals surface area contributed by atoms with Crippen molar-refractivity contribution in [1.82, 2.24) is 10.2 Å². The fourth-order valence-corrected chi connectivity index (χ4v) is 1.73. The molecule has 0 spiro atoms. The molecule has 0 saturated carbocycles. The second kappa shape index (κ2) is 8.97. The third-order valence-electron chi connectivity index (χ3n) is 3.18. The molecule has 0 rings (SSSR count). The molecule has 1 atom stereocenters. The van der Waals surface area contributed by atoms with Crippen LogP contribution in [-0.2, 0) is 0 Å². The molecule has 0 aliphatic heterocycles. The molecule has 98 valence electrons. The van der Waals surface area contributed by atoms with E-state index < -0.39 is 0 Å². The van der Waals surface area contributed by atoms with Crippen molar-refractivity contribution in [2.45, 2.75) is 52.0 Å². The van der Waals surface area contributed by atoms with E-state index in [9.17, 15) is 5.11 Å². The van der Waals surface area contributed by atoms with Crippen LogP contribution in [0.4, 0.5) is 0 Å². The lowest BCUT2D eigenvalue weighted by Gasteiger charge is -2.34. The van der Waals surface area contributed by atoms with Gasteiger partial charge < -0.3 is 15.3 Å². The first-order valence-electron chi connectivity index (χ1n) is 6.64. The fraction of sp³-hybridized carbons (Fsp3) is 1.00. The van der Waals surface area contributed by atoms with Gasteiger partial charge in [0.2, 0.25) is 0 Å². The lowest BCUT2D eigenvalue weighted by Crippen LogP contribution is -2.52. The van der Waals surface area contributed by atoms with Crippen molar-refractivity contribution in [3.05, 3.63) is 0 Å². The summed E-state index contributed by atoms with van der Waals surface area (Å²) in [6, 6.07) is 0. The standard InChI is InChI=1S/C13H30N2O/c1-5-7-9-15(10-8-6-2)11-13(3,12-16)14-4/h14,16H,5-12H2,1-4H3. The number of nitrogens with one attached hydrogen (secondary N) is 1. The molecule has 0 saturated heterocycles. The maximum Gasteiger partial charge on any atom is 0.0623 e. The van der Waals surface area contributed by atoms with Crippen LogP contribution in [0.3, 0.4) is 0 Å². The van der Waals surface area contributed by atoms with Gasteiger partial charge in [-0.05, 0) is 39.9 Å². The van der Waals surface area contributed by atoms with Crippen LogP contribution >= 0.6 is 0 Å². The van der Waals surface area contributed by atoms with Crippen molar-refractivity contribution in [3.8, 4) is 0 Å². The highest BCUT2D eigenvalue weighted by atomic mass is 16.3. The second-order valence-electron chi connectivity index (χ2n) is 4.95. The van der Waals surface area contributed by atoms with E-state index in [0.717, 1.165) is 19.6 Å². The van der Waals surface area contributed by atoms with Crippen LogP contribution < -0.4 is 5.32 Å². The van der Waals surface area contributed by atoms with Crippen LogP contribution in [0.5, 0.6) is 0 Å². The summed E-state index contributed by atoms with van der Waals surface area (Å²) in [6.07, 6.45) is 4.96. The average molecular weight is 230 g/mol. The number of aliphatic hydroxyl groups excluding tert-OH is 1. The number of likely N-dealkylation sites (N-methyl/N-ethyl adjacent to an activating group) is 1. The van der Waals surface area contributed by atoms with Crippen LogP contribution in [0.25, 0.3) is 0 Å². The van der Waals surface area contributed by atoms with Crippen LogP contribution in [0.15, 0.2) is 0 Å². The molecule has 0 fully saturated rings. The highest BCUT2D eigenvalue weighted by Gasteiger charge is 2.23. The van der Waals surface area contributed by atoms with E-state index in [-0.39, 0.29) is 12.1 Å². The van der Waals surface area contributed by atoms with Crippen molar-refractivity contribution in [2.75, 3.05) is 33.3 Å². The first-order valence-corrected chi connectivity index (χ1v) is 6.64. The van der Waals surface area contributed by atoms with Gasteiger partial charge in [-0.3, -0.25) is 0 Å². The quantitative estimate of drug-likeness (QED) is 0.601. The molecule has 0 radical (unpaired) electrons. The molecular weight excluding hydrogens is 200 g/mol. The third-order valence-corrected chi connectivity index (χ3v) is 3.18. The van der Waals surface area contributed by atoms with E-state index in [1.807, 2.05) is 7.05 Å². The normalized spacial score (nSPS) is 15.4. The van der Waals surface area contributed by atoms with Gasteiger partial charge in [-0.2, -0.15) is 0 Å². The van der Waals surface area contributed by atoms with Crippen molar-refractivity contribution in [2.24, 2.45) is 0 Å². The fourth-order valence-electron chi connectivity index (χ4n) is 1.73. The predicted octanol–water partition coefficient (Wildman–Crippen LogP) is 1.86. The third kappa shape index (κ3) is 6.46. The van der Waals surface area contributed by atoms with Gasteiger partial charge in [-0.1, -0.05) is 26.7 Å². The molecule has 0 aliphatic carbocycles. The van der Waals surface area contributed by atoms with Crippen molar-refractivity contribution in [1.29, 1.82) is 0 Å². The highest BCUT2D eigenvalue weighted by molar-refractivity contribution is 4.84. The number of hydrogen-bond donors (Lipinski definition) is 2. The van der Waals surface area contributed by atoms with E-state index in [1.54, 1.807) is 0 Å². The van der Waals surface area contributed by atoms with Gasteiger partial charge in [0.25, 0.3) is 0 Å². The summed E-state index contributed by atoms with van der Waals surface area (Å²) in [6.45, 7) is 9.94. The summed E-state index contributed by atoms with van der Waals surface area (Å²) in [5.74, 6) is 0. The van der Waals surface area contributed by atoms with E-state index in [1.165, 1.54) is 25.7 Å². The van der Waals surface area contributed by atoms with Crippen LogP contribution in [0, 0.1) is 0 Å². The zero-order chi connectivity index (χ0) is 12.4. The molecule has 0 aromatic rings. The maximum atomic E-state index is 9.40. The Morgan fingerprint density at radius 3 is 1.94 bits per heavy atom. The Hall–Kier alpha value is -0.120. The molecule has 0 bridgehead atoms. The van der Waals surface area contributed by atoms with Gasteiger partial charge in [0.15, 0.2) is 0 Å². The smallest absolute Gasteiger partial charge is 0.0623 e. The molecule has 0 aromatic heterocycles. The minimum Gasteiger partial charge on any atom is -0.394 e.